The predicted octanol–water partition coefficient (Wildman–Crippen LogP) is 1.74. The zero-order chi connectivity index (χ0) is 11.5. The molecular formula is C13H15N3O. The van der Waals surface area contributed by atoms with Gasteiger partial charge in [0.1, 0.15) is 12.5 Å². The second-order valence-electron chi connectivity index (χ2n) is 4.23. The van der Waals surface area contributed by atoms with Gasteiger partial charge in [0, 0.05) is 37.6 Å². The molecule has 2 aromatic rings. The third kappa shape index (κ3) is 2.31. The lowest BCUT2D eigenvalue weighted by molar-refractivity contribution is 0.0919. The van der Waals surface area contributed by atoms with Crippen LogP contribution in [0, 0.1) is 0 Å². The predicted molar refractivity (Wildman–Crippen MR) is 64.6 cm³/mol. The molecule has 0 fully saturated rings. The fourth-order valence-electron chi connectivity index (χ4n) is 2.04. The molecule has 1 aliphatic heterocycles. The second kappa shape index (κ2) is 4.59. The molecule has 0 aliphatic carbocycles. The third-order valence-corrected chi connectivity index (χ3v) is 3.00. The maximum Gasteiger partial charge on any atom is 0.142 e. The van der Waals surface area contributed by atoms with Crippen molar-refractivity contribution >= 4 is 0 Å². The smallest absolute Gasteiger partial charge is 0.142 e. The Morgan fingerprint density at radius 3 is 3.06 bits per heavy atom. The van der Waals surface area contributed by atoms with Crippen LogP contribution in [0.4, 0.5) is 0 Å². The highest BCUT2D eigenvalue weighted by atomic mass is 16.5. The lowest BCUT2D eigenvalue weighted by atomic mass is 10.1. The molecule has 0 spiro atoms. The van der Waals surface area contributed by atoms with Crippen LogP contribution in [0.3, 0.4) is 0 Å². The van der Waals surface area contributed by atoms with E-state index in [1.54, 1.807) is 0 Å². The maximum atomic E-state index is 5.71. The van der Waals surface area contributed by atoms with Gasteiger partial charge in [-0.15, -0.1) is 0 Å². The van der Waals surface area contributed by atoms with Crippen molar-refractivity contribution in [2.75, 3.05) is 13.3 Å². The van der Waals surface area contributed by atoms with E-state index in [2.05, 4.69) is 26.6 Å². The lowest BCUT2D eigenvalue weighted by Crippen LogP contribution is -2.34. The van der Waals surface area contributed by atoms with Crippen molar-refractivity contribution < 1.29 is 4.74 Å². The molecule has 2 heterocycles. The van der Waals surface area contributed by atoms with Crippen molar-refractivity contribution in [3.8, 4) is 5.75 Å². The molecule has 0 amide bonds. The Balaban J connectivity index is 1.61. The van der Waals surface area contributed by atoms with Crippen LogP contribution in [-0.2, 0) is 13.1 Å². The van der Waals surface area contributed by atoms with Gasteiger partial charge in [-0.25, -0.2) is 4.98 Å². The summed E-state index contributed by atoms with van der Waals surface area (Å²) in [6.45, 7) is 3.56. The minimum Gasteiger partial charge on any atom is -0.478 e. The summed E-state index contributed by atoms with van der Waals surface area (Å²) in [5, 5.41) is 0. The van der Waals surface area contributed by atoms with Crippen LogP contribution < -0.4 is 4.74 Å². The molecule has 4 heteroatoms. The summed E-state index contributed by atoms with van der Waals surface area (Å²) in [6.07, 6.45) is 5.64. The normalized spacial score (nSPS) is 15.3. The van der Waals surface area contributed by atoms with Crippen molar-refractivity contribution in [2.45, 2.75) is 13.1 Å². The average Bonchev–Trinajstić information content (AvgIpc) is 2.89. The van der Waals surface area contributed by atoms with Gasteiger partial charge in [-0.2, -0.15) is 0 Å². The fourth-order valence-corrected chi connectivity index (χ4v) is 2.04. The van der Waals surface area contributed by atoms with E-state index in [1.165, 1.54) is 5.56 Å². The Kier molecular flexibility index (Phi) is 2.80. The van der Waals surface area contributed by atoms with E-state index in [0.717, 1.165) is 25.4 Å². The Labute approximate surface area is 100 Å². The molecule has 3 rings (SSSR count). The molecule has 0 bridgehead atoms. The zero-order valence-corrected chi connectivity index (χ0v) is 9.62. The minimum absolute atomic E-state index is 0.672. The van der Waals surface area contributed by atoms with Gasteiger partial charge < -0.3 is 9.30 Å². The highest BCUT2D eigenvalue weighted by molar-refractivity contribution is 5.34. The van der Waals surface area contributed by atoms with Crippen molar-refractivity contribution in [3.63, 3.8) is 0 Å². The number of para-hydroxylation sites is 1. The summed E-state index contributed by atoms with van der Waals surface area (Å²) >= 11 is 0. The highest BCUT2D eigenvalue weighted by Crippen LogP contribution is 2.23. The SMILES string of the molecule is c1ccc2c(c1)CN(CCn1ccnc1)CO2. The minimum atomic E-state index is 0.672. The summed E-state index contributed by atoms with van der Waals surface area (Å²) in [5.74, 6) is 1.02. The number of imidazole rings is 1. The van der Waals surface area contributed by atoms with Crippen LogP contribution in [0.2, 0.25) is 0 Å². The summed E-state index contributed by atoms with van der Waals surface area (Å²) in [6, 6.07) is 8.22. The van der Waals surface area contributed by atoms with E-state index in [9.17, 15) is 0 Å². The molecule has 1 aromatic carbocycles. The fraction of sp³-hybridized carbons (Fsp3) is 0.308. The highest BCUT2D eigenvalue weighted by Gasteiger charge is 2.15. The summed E-state index contributed by atoms with van der Waals surface area (Å²) < 4.78 is 7.79. The van der Waals surface area contributed by atoms with E-state index in [-0.39, 0.29) is 0 Å². The lowest BCUT2D eigenvalue weighted by Gasteiger charge is -2.28. The number of hydrogen-bond acceptors (Lipinski definition) is 3. The first-order valence-corrected chi connectivity index (χ1v) is 5.80. The Morgan fingerprint density at radius 2 is 2.18 bits per heavy atom. The number of benzene rings is 1. The monoisotopic (exact) mass is 229 g/mol. The number of hydrogen-bond donors (Lipinski definition) is 0. The van der Waals surface area contributed by atoms with Gasteiger partial charge in [0.2, 0.25) is 0 Å². The quantitative estimate of drug-likeness (QED) is 0.803. The van der Waals surface area contributed by atoms with Crippen LogP contribution in [0.15, 0.2) is 43.0 Å². The molecule has 0 unspecified atom stereocenters. The van der Waals surface area contributed by atoms with Crippen LogP contribution in [0.5, 0.6) is 5.75 Å². The van der Waals surface area contributed by atoms with E-state index in [4.69, 9.17) is 4.74 Å². The second-order valence-corrected chi connectivity index (χ2v) is 4.23. The molecule has 1 aromatic heterocycles. The topological polar surface area (TPSA) is 30.3 Å². The number of aromatic nitrogens is 2. The van der Waals surface area contributed by atoms with Crippen LogP contribution >= 0.6 is 0 Å². The Morgan fingerprint density at radius 1 is 1.24 bits per heavy atom. The molecule has 88 valence electrons. The first-order valence-electron chi connectivity index (χ1n) is 5.80. The van der Waals surface area contributed by atoms with Gasteiger partial charge in [-0.05, 0) is 6.07 Å². The molecular weight excluding hydrogens is 214 g/mol. The third-order valence-electron chi connectivity index (χ3n) is 3.00. The Bertz CT molecular complexity index is 481. The summed E-state index contributed by atoms with van der Waals surface area (Å²) in [4.78, 5) is 6.33. The van der Waals surface area contributed by atoms with E-state index < -0.39 is 0 Å². The average molecular weight is 229 g/mol. The van der Waals surface area contributed by atoms with Gasteiger partial charge in [-0.3, -0.25) is 4.90 Å². The summed E-state index contributed by atoms with van der Waals surface area (Å²) in [7, 11) is 0. The molecule has 0 N–H and O–H groups in total. The van der Waals surface area contributed by atoms with Gasteiger partial charge in [0.05, 0.1) is 6.33 Å². The molecule has 17 heavy (non-hydrogen) atoms. The number of fused-ring (bicyclic) bond motifs is 1. The first-order chi connectivity index (χ1) is 8.42. The standard InChI is InChI=1S/C13H15N3O/c1-2-4-13-12(3-1)9-16(11-17-13)8-7-15-6-5-14-10-15/h1-6,10H,7-9,11H2. The van der Waals surface area contributed by atoms with E-state index in [0.29, 0.717) is 6.73 Å². The van der Waals surface area contributed by atoms with Gasteiger partial charge >= 0.3 is 0 Å². The molecule has 4 nitrogen and oxygen atoms in total. The number of nitrogens with zero attached hydrogens (tertiary/aromatic N) is 3. The van der Waals surface area contributed by atoms with Gasteiger partial charge in [0.25, 0.3) is 0 Å². The van der Waals surface area contributed by atoms with Crippen LogP contribution in [0.1, 0.15) is 5.56 Å². The molecule has 1 aliphatic rings. The van der Waals surface area contributed by atoms with Crippen molar-refractivity contribution in [3.05, 3.63) is 48.5 Å². The molecule has 0 radical (unpaired) electrons. The maximum absolute atomic E-state index is 5.71. The van der Waals surface area contributed by atoms with Crippen LogP contribution in [-0.4, -0.2) is 27.7 Å². The van der Waals surface area contributed by atoms with Gasteiger partial charge in [0.15, 0.2) is 0 Å². The molecule has 0 saturated carbocycles. The summed E-state index contributed by atoms with van der Waals surface area (Å²) in [5.41, 5.74) is 1.27. The largest absolute Gasteiger partial charge is 0.478 e. The zero-order valence-electron chi connectivity index (χ0n) is 9.62. The molecule has 0 atom stereocenters. The molecule has 0 saturated heterocycles. The number of ether oxygens (including phenoxy) is 1. The van der Waals surface area contributed by atoms with E-state index >= 15 is 0 Å². The van der Waals surface area contributed by atoms with Gasteiger partial charge in [-0.1, -0.05) is 18.2 Å². The number of rotatable bonds is 3. The van der Waals surface area contributed by atoms with Crippen LogP contribution in [0.25, 0.3) is 0 Å². The van der Waals surface area contributed by atoms with Crippen molar-refractivity contribution in [2.24, 2.45) is 0 Å². The van der Waals surface area contributed by atoms with Crippen molar-refractivity contribution in [1.82, 2.24) is 14.5 Å². The Hall–Kier alpha value is -1.81. The first kappa shape index (κ1) is 10.4. The van der Waals surface area contributed by atoms with Crippen molar-refractivity contribution in [1.29, 1.82) is 0 Å². The van der Waals surface area contributed by atoms with E-state index in [1.807, 2.05) is 30.9 Å².